The maximum absolute atomic E-state index is 13.1. The number of fused-ring (bicyclic) bond motifs is 3. The fourth-order valence-electron chi connectivity index (χ4n) is 4.89. The van der Waals surface area contributed by atoms with Crippen LogP contribution in [0, 0.1) is 21.4 Å². The molecule has 0 bridgehead atoms. The van der Waals surface area contributed by atoms with Gasteiger partial charge < -0.3 is 15.1 Å². The first-order valence-electron chi connectivity index (χ1n) is 11.3. The maximum atomic E-state index is 13.1. The summed E-state index contributed by atoms with van der Waals surface area (Å²) in [5.74, 6) is 1.43. The predicted octanol–water partition coefficient (Wildman–Crippen LogP) is 6.31. The normalized spacial score (nSPS) is 19.9. The van der Waals surface area contributed by atoms with Crippen molar-refractivity contribution in [3.05, 3.63) is 68.3 Å². The van der Waals surface area contributed by atoms with Crippen LogP contribution in [0.2, 0.25) is 0 Å². The fraction of sp³-hybridized carbons (Fsp3) is 0.400. The number of nitro groups is 1. The van der Waals surface area contributed by atoms with Crippen molar-refractivity contribution in [3.63, 3.8) is 0 Å². The van der Waals surface area contributed by atoms with Gasteiger partial charge in [-0.2, -0.15) is 0 Å². The molecule has 3 heterocycles. The van der Waals surface area contributed by atoms with E-state index in [0.717, 1.165) is 36.2 Å². The lowest BCUT2D eigenvalue weighted by atomic mass is 9.69. The third-order valence-electron chi connectivity index (χ3n) is 7.34. The Bertz CT molecular complexity index is 1240. The molecule has 1 amide bonds. The molecule has 172 valence electrons. The average molecular weight is 466 g/mol. The first-order valence-corrected chi connectivity index (χ1v) is 12.2. The minimum Gasteiger partial charge on any atom is -0.457 e. The fourth-order valence-corrected chi connectivity index (χ4v) is 6.24. The first-order chi connectivity index (χ1) is 15.8. The number of amides is 1. The monoisotopic (exact) mass is 465 g/mol. The zero-order valence-corrected chi connectivity index (χ0v) is 19.8. The van der Waals surface area contributed by atoms with Crippen LogP contribution in [-0.4, -0.2) is 10.8 Å². The molecule has 7 nitrogen and oxygen atoms in total. The molecule has 33 heavy (non-hydrogen) atoms. The zero-order valence-electron chi connectivity index (χ0n) is 18.9. The summed E-state index contributed by atoms with van der Waals surface area (Å²) in [6.07, 6.45) is 3.66. The van der Waals surface area contributed by atoms with Crippen molar-refractivity contribution < 1.29 is 14.1 Å². The second kappa shape index (κ2) is 8.02. The minimum atomic E-state index is -0.524. The van der Waals surface area contributed by atoms with E-state index in [9.17, 15) is 14.9 Å². The van der Waals surface area contributed by atoms with Crippen molar-refractivity contribution in [2.75, 3.05) is 5.32 Å². The van der Waals surface area contributed by atoms with Gasteiger partial charge in [-0.1, -0.05) is 39.3 Å². The Balaban J connectivity index is 1.42. The molecule has 5 rings (SSSR count). The van der Waals surface area contributed by atoms with Gasteiger partial charge in [0, 0.05) is 10.9 Å². The van der Waals surface area contributed by atoms with Gasteiger partial charge >= 0.3 is 0 Å². The Kier molecular flexibility index (Phi) is 5.28. The molecule has 2 N–H and O–H groups in total. The highest BCUT2D eigenvalue weighted by Crippen LogP contribution is 2.47. The number of nitrogens with one attached hydrogen (secondary N) is 2. The minimum absolute atomic E-state index is 0.0168. The number of anilines is 1. The standard InChI is InChI=1S/C25H27N3O4S/c1-4-25(2,3)14-9-10-16-20(13-14)33-24-21(16)23(29)26-22(27-24)19-12-11-18(32-19)15-7-5-6-8-17(15)28(30)31/h5-8,11-12,14,22,27H,4,9-10,13H2,1-3H3,(H,26,29)/t14-,22-/m0/s1. The summed E-state index contributed by atoms with van der Waals surface area (Å²) in [4.78, 5) is 25.3. The number of nitrogens with zero attached hydrogens (tertiary/aromatic N) is 1. The average Bonchev–Trinajstić information content (AvgIpc) is 3.43. The highest BCUT2D eigenvalue weighted by Gasteiger charge is 2.38. The molecule has 0 saturated heterocycles. The summed E-state index contributed by atoms with van der Waals surface area (Å²) in [7, 11) is 0. The number of hydrogen-bond donors (Lipinski definition) is 2. The van der Waals surface area contributed by atoms with E-state index in [1.54, 1.807) is 41.7 Å². The molecule has 1 aliphatic heterocycles. The van der Waals surface area contributed by atoms with E-state index in [2.05, 4.69) is 31.4 Å². The third kappa shape index (κ3) is 3.72. The Hall–Kier alpha value is -3.13. The van der Waals surface area contributed by atoms with E-state index in [-0.39, 0.29) is 17.0 Å². The smallest absolute Gasteiger partial charge is 0.280 e. The summed E-state index contributed by atoms with van der Waals surface area (Å²) in [5, 5.41) is 18.7. The van der Waals surface area contributed by atoms with Gasteiger partial charge in [-0.05, 0) is 54.4 Å². The number of hydrogen-bond acceptors (Lipinski definition) is 6. The maximum Gasteiger partial charge on any atom is 0.280 e. The molecule has 2 atom stereocenters. The largest absolute Gasteiger partial charge is 0.457 e. The van der Waals surface area contributed by atoms with Crippen LogP contribution in [0.25, 0.3) is 11.3 Å². The van der Waals surface area contributed by atoms with E-state index in [1.807, 2.05) is 0 Å². The molecule has 0 radical (unpaired) electrons. The first kappa shape index (κ1) is 21.7. The number of thiophene rings is 1. The number of benzene rings is 1. The van der Waals surface area contributed by atoms with Crippen LogP contribution < -0.4 is 10.6 Å². The van der Waals surface area contributed by atoms with Crippen LogP contribution in [0.4, 0.5) is 10.7 Å². The van der Waals surface area contributed by atoms with Crippen LogP contribution in [0.3, 0.4) is 0 Å². The molecular weight excluding hydrogens is 438 g/mol. The van der Waals surface area contributed by atoms with Crippen LogP contribution in [0.1, 0.15) is 66.3 Å². The molecule has 3 aromatic rings. The second-order valence-electron chi connectivity index (χ2n) is 9.52. The number of furan rings is 1. The van der Waals surface area contributed by atoms with E-state index in [0.29, 0.717) is 23.0 Å². The van der Waals surface area contributed by atoms with Crippen molar-refractivity contribution >= 4 is 27.9 Å². The molecule has 8 heteroatoms. The van der Waals surface area contributed by atoms with E-state index in [4.69, 9.17) is 4.42 Å². The number of carbonyl (C=O) groups is 1. The molecule has 1 aliphatic carbocycles. The quantitative estimate of drug-likeness (QED) is 0.340. The van der Waals surface area contributed by atoms with Gasteiger partial charge in [-0.3, -0.25) is 14.9 Å². The molecule has 2 aliphatic rings. The van der Waals surface area contributed by atoms with Gasteiger partial charge in [-0.15, -0.1) is 11.3 Å². The number of para-hydroxylation sites is 1. The second-order valence-corrected chi connectivity index (χ2v) is 10.6. The molecule has 1 aromatic carbocycles. The van der Waals surface area contributed by atoms with Crippen molar-refractivity contribution in [2.24, 2.45) is 11.3 Å². The Labute approximate surface area is 196 Å². The third-order valence-corrected chi connectivity index (χ3v) is 8.52. The number of nitro benzene ring substituents is 1. The van der Waals surface area contributed by atoms with Crippen LogP contribution in [0.15, 0.2) is 40.8 Å². The summed E-state index contributed by atoms with van der Waals surface area (Å²) in [5.41, 5.74) is 2.63. The Morgan fingerprint density at radius 3 is 2.76 bits per heavy atom. The van der Waals surface area contributed by atoms with E-state index >= 15 is 0 Å². The zero-order chi connectivity index (χ0) is 23.3. The Morgan fingerprint density at radius 2 is 2.00 bits per heavy atom. The summed E-state index contributed by atoms with van der Waals surface area (Å²) in [6.45, 7) is 6.92. The van der Waals surface area contributed by atoms with Gasteiger partial charge in [0.1, 0.15) is 16.5 Å². The summed E-state index contributed by atoms with van der Waals surface area (Å²) < 4.78 is 5.96. The van der Waals surface area contributed by atoms with Gasteiger partial charge in [0.2, 0.25) is 0 Å². The van der Waals surface area contributed by atoms with Crippen molar-refractivity contribution in [1.82, 2.24) is 5.32 Å². The van der Waals surface area contributed by atoms with Crippen LogP contribution in [-0.2, 0) is 12.8 Å². The molecule has 0 saturated carbocycles. The lowest BCUT2D eigenvalue weighted by Crippen LogP contribution is -2.38. The van der Waals surface area contributed by atoms with Gasteiger partial charge in [-0.25, -0.2) is 0 Å². The van der Waals surface area contributed by atoms with Gasteiger partial charge in [0.05, 0.1) is 16.1 Å². The number of carbonyl (C=O) groups excluding carboxylic acids is 1. The number of rotatable bonds is 5. The molecule has 2 aromatic heterocycles. The van der Waals surface area contributed by atoms with E-state index in [1.165, 1.54) is 16.5 Å². The molecule has 0 fully saturated rings. The molecular formula is C25H27N3O4S. The molecule has 0 spiro atoms. The lowest BCUT2D eigenvalue weighted by molar-refractivity contribution is -0.384. The Morgan fingerprint density at radius 1 is 1.21 bits per heavy atom. The van der Waals surface area contributed by atoms with Crippen LogP contribution >= 0.6 is 11.3 Å². The van der Waals surface area contributed by atoms with Crippen LogP contribution in [0.5, 0.6) is 0 Å². The van der Waals surface area contributed by atoms with Gasteiger partial charge in [0.15, 0.2) is 6.17 Å². The van der Waals surface area contributed by atoms with Crippen molar-refractivity contribution in [3.8, 4) is 11.3 Å². The van der Waals surface area contributed by atoms with E-state index < -0.39 is 11.1 Å². The molecule has 0 unspecified atom stereocenters. The highest BCUT2D eigenvalue weighted by atomic mass is 32.1. The topological polar surface area (TPSA) is 97.4 Å². The summed E-state index contributed by atoms with van der Waals surface area (Å²) >= 11 is 1.68. The van der Waals surface area contributed by atoms with Gasteiger partial charge in [0.25, 0.3) is 11.6 Å². The highest BCUT2D eigenvalue weighted by molar-refractivity contribution is 7.16. The SMILES string of the molecule is CCC(C)(C)[C@H]1CCc2c(sc3c2C(=O)N[C@H](c2ccc(-c4ccccc4[N+](=O)[O-])o2)N3)C1. The van der Waals surface area contributed by atoms with Crippen molar-refractivity contribution in [2.45, 2.75) is 52.6 Å². The lowest BCUT2D eigenvalue weighted by Gasteiger charge is -2.36. The predicted molar refractivity (Wildman–Crippen MR) is 129 cm³/mol. The summed E-state index contributed by atoms with van der Waals surface area (Å²) in [6, 6.07) is 9.93. The van der Waals surface area contributed by atoms with Crippen molar-refractivity contribution in [1.29, 1.82) is 0 Å².